The summed E-state index contributed by atoms with van der Waals surface area (Å²) >= 11 is 0. The van der Waals surface area contributed by atoms with Gasteiger partial charge in [0.15, 0.2) is 0 Å². The van der Waals surface area contributed by atoms with Crippen LogP contribution in [0, 0.1) is 23.2 Å². The molecule has 0 aromatic carbocycles. The van der Waals surface area contributed by atoms with Crippen molar-refractivity contribution in [3.63, 3.8) is 0 Å². The van der Waals surface area contributed by atoms with Crippen molar-refractivity contribution in [2.24, 2.45) is 23.2 Å². The van der Waals surface area contributed by atoms with Crippen LogP contribution in [0.5, 0.6) is 0 Å². The number of fused-ring (bicyclic) bond motifs is 3. The maximum atomic E-state index is 13.2. The Morgan fingerprint density at radius 3 is 2.81 bits per heavy atom. The number of hydrogen-bond acceptors (Lipinski definition) is 4. The minimum Gasteiger partial charge on any atom is -0.350 e. The minimum atomic E-state index is -0.101. The average molecular weight is 438 g/mol. The molecule has 4 fully saturated rings. The minimum absolute atomic E-state index is 0.0788. The topological polar surface area (TPSA) is 78.7 Å². The molecule has 0 radical (unpaired) electrons. The van der Waals surface area contributed by atoms with Crippen molar-refractivity contribution in [3.8, 4) is 0 Å². The van der Waals surface area contributed by atoms with Crippen LogP contribution in [0.15, 0.2) is 24.4 Å². The Morgan fingerprint density at radius 1 is 1.25 bits per heavy atom. The predicted molar refractivity (Wildman–Crippen MR) is 124 cm³/mol. The molecule has 2 amide bonds. The number of amides is 2. The number of carbonyl (C=O) groups is 2. The lowest BCUT2D eigenvalue weighted by atomic mass is 9.45. The fourth-order valence-electron chi connectivity index (χ4n) is 6.27. The molecule has 2 bridgehead atoms. The van der Waals surface area contributed by atoms with Gasteiger partial charge in [-0.3, -0.25) is 14.0 Å². The van der Waals surface area contributed by atoms with Gasteiger partial charge in [0.2, 0.25) is 0 Å². The Morgan fingerprint density at radius 2 is 2.06 bits per heavy atom. The van der Waals surface area contributed by atoms with E-state index in [0.29, 0.717) is 47.4 Å². The van der Waals surface area contributed by atoms with Gasteiger partial charge < -0.3 is 15.5 Å². The van der Waals surface area contributed by atoms with Gasteiger partial charge in [-0.05, 0) is 68.4 Å². The van der Waals surface area contributed by atoms with E-state index in [-0.39, 0.29) is 23.9 Å². The van der Waals surface area contributed by atoms with Crippen LogP contribution in [0.4, 0.5) is 0 Å². The van der Waals surface area contributed by atoms with Gasteiger partial charge in [-0.15, -0.1) is 0 Å². The van der Waals surface area contributed by atoms with Crippen molar-refractivity contribution in [1.82, 2.24) is 24.9 Å². The van der Waals surface area contributed by atoms with Crippen molar-refractivity contribution in [2.45, 2.75) is 59.0 Å². The molecule has 7 nitrogen and oxygen atoms in total. The highest BCUT2D eigenvalue weighted by molar-refractivity contribution is 5.95. The molecule has 2 N–H and O–H groups in total. The van der Waals surface area contributed by atoms with Crippen LogP contribution in [0.1, 0.15) is 67.9 Å². The number of pyridine rings is 1. The SMILES string of the molecule is C[C@@H]1CN[C@@H](C)CN1C(=O)c1cn2c(C(=O)NC[C@@H]3CC[C@H]4C[C@@H]3C4(C)C)cccc2n1. The molecule has 0 unspecified atom stereocenters. The number of piperazine rings is 1. The fourth-order valence-corrected chi connectivity index (χ4v) is 6.27. The van der Waals surface area contributed by atoms with Crippen LogP contribution >= 0.6 is 0 Å². The summed E-state index contributed by atoms with van der Waals surface area (Å²) < 4.78 is 1.75. The van der Waals surface area contributed by atoms with E-state index in [2.05, 4.69) is 36.4 Å². The molecule has 0 spiro atoms. The number of hydrogen-bond donors (Lipinski definition) is 2. The number of imidazole rings is 1. The molecule has 3 saturated carbocycles. The van der Waals surface area contributed by atoms with Crippen molar-refractivity contribution in [1.29, 1.82) is 0 Å². The lowest BCUT2D eigenvalue weighted by Crippen LogP contribution is -2.56. The van der Waals surface area contributed by atoms with Gasteiger partial charge in [0, 0.05) is 37.9 Å². The van der Waals surface area contributed by atoms with E-state index in [0.717, 1.165) is 12.5 Å². The molecule has 3 aliphatic carbocycles. The van der Waals surface area contributed by atoms with E-state index >= 15 is 0 Å². The van der Waals surface area contributed by atoms with Gasteiger partial charge in [0.05, 0.1) is 0 Å². The highest BCUT2D eigenvalue weighted by Crippen LogP contribution is 2.61. The van der Waals surface area contributed by atoms with Crippen LogP contribution < -0.4 is 10.6 Å². The average Bonchev–Trinajstić information content (AvgIpc) is 3.23. The van der Waals surface area contributed by atoms with E-state index in [1.165, 1.54) is 19.3 Å². The third-order valence-electron chi connectivity index (χ3n) is 8.50. The Balaban J connectivity index is 1.32. The van der Waals surface area contributed by atoms with Crippen molar-refractivity contribution in [3.05, 3.63) is 35.8 Å². The van der Waals surface area contributed by atoms with E-state index in [4.69, 9.17) is 0 Å². The molecule has 6 rings (SSSR count). The Labute approximate surface area is 190 Å². The molecule has 2 aromatic rings. The molecule has 4 aliphatic rings. The second kappa shape index (κ2) is 7.87. The molecular weight excluding hydrogens is 402 g/mol. The summed E-state index contributed by atoms with van der Waals surface area (Å²) in [6, 6.07) is 5.84. The van der Waals surface area contributed by atoms with Crippen LogP contribution in [0.3, 0.4) is 0 Å². The van der Waals surface area contributed by atoms with Crippen LogP contribution in [0.25, 0.3) is 5.65 Å². The molecular formula is C25H35N5O2. The summed E-state index contributed by atoms with van der Waals surface area (Å²) in [6.07, 6.45) is 5.50. The van der Waals surface area contributed by atoms with Crippen LogP contribution in [-0.2, 0) is 0 Å². The first-order chi connectivity index (χ1) is 15.3. The molecule has 172 valence electrons. The first-order valence-corrected chi connectivity index (χ1v) is 12.1. The maximum Gasteiger partial charge on any atom is 0.274 e. The van der Waals surface area contributed by atoms with Crippen LogP contribution in [-0.4, -0.2) is 57.8 Å². The lowest BCUT2D eigenvalue weighted by Gasteiger charge is -2.60. The third kappa shape index (κ3) is 3.51. The highest BCUT2D eigenvalue weighted by Gasteiger charge is 2.53. The second-order valence-corrected chi connectivity index (χ2v) is 10.8. The molecule has 5 atom stereocenters. The molecule has 7 heteroatoms. The zero-order chi connectivity index (χ0) is 22.6. The normalized spacial score (nSPS) is 31.2. The monoisotopic (exact) mass is 437 g/mol. The van der Waals surface area contributed by atoms with Gasteiger partial charge in [-0.25, -0.2) is 4.98 Å². The van der Waals surface area contributed by atoms with Crippen LogP contribution in [0.2, 0.25) is 0 Å². The fraction of sp³-hybridized carbons (Fsp3) is 0.640. The first-order valence-electron chi connectivity index (χ1n) is 12.1. The van der Waals surface area contributed by atoms with Gasteiger partial charge in [-0.2, -0.15) is 0 Å². The zero-order valence-electron chi connectivity index (χ0n) is 19.6. The van der Waals surface area contributed by atoms with Crippen molar-refractivity contribution >= 4 is 17.5 Å². The highest BCUT2D eigenvalue weighted by atomic mass is 16.2. The van der Waals surface area contributed by atoms with E-state index < -0.39 is 0 Å². The predicted octanol–water partition coefficient (Wildman–Crippen LogP) is 2.96. The van der Waals surface area contributed by atoms with Crippen molar-refractivity contribution < 1.29 is 9.59 Å². The van der Waals surface area contributed by atoms with Gasteiger partial charge >= 0.3 is 0 Å². The van der Waals surface area contributed by atoms with E-state index in [1.807, 2.05) is 24.0 Å². The summed E-state index contributed by atoms with van der Waals surface area (Å²) in [5.74, 6) is 1.93. The van der Waals surface area contributed by atoms with Crippen molar-refractivity contribution in [2.75, 3.05) is 19.6 Å². The summed E-state index contributed by atoms with van der Waals surface area (Å²) in [5, 5.41) is 6.58. The third-order valence-corrected chi connectivity index (χ3v) is 8.50. The first kappa shape index (κ1) is 21.4. The Kier molecular flexibility index (Phi) is 5.27. The maximum absolute atomic E-state index is 13.2. The standard InChI is InChI=1S/C25H35N5O2/c1-15-13-29(16(2)11-26-15)24(32)20-14-30-21(6-5-7-22(30)28-20)23(31)27-12-17-8-9-18-10-19(17)25(18,3)4/h5-7,14-19,26H,8-13H2,1-4H3,(H,27,31)/t15-,16+,17-,18-,19-/m0/s1. The number of rotatable bonds is 4. The second-order valence-electron chi connectivity index (χ2n) is 10.8. The van der Waals surface area contributed by atoms with Gasteiger partial charge in [-0.1, -0.05) is 19.9 Å². The summed E-state index contributed by atoms with van der Waals surface area (Å²) in [6.45, 7) is 11.0. The van der Waals surface area contributed by atoms with E-state index in [1.54, 1.807) is 16.7 Å². The Hall–Kier alpha value is -2.41. The summed E-state index contributed by atoms with van der Waals surface area (Å²) in [5.41, 5.74) is 1.95. The summed E-state index contributed by atoms with van der Waals surface area (Å²) in [4.78, 5) is 32.7. The van der Waals surface area contributed by atoms with Gasteiger partial charge in [0.25, 0.3) is 11.8 Å². The largest absolute Gasteiger partial charge is 0.350 e. The lowest BCUT2D eigenvalue weighted by molar-refractivity contribution is -0.103. The van der Waals surface area contributed by atoms with Gasteiger partial charge in [0.1, 0.15) is 17.0 Å². The number of carbonyl (C=O) groups excluding carboxylic acids is 2. The number of nitrogens with one attached hydrogen (secondary N) is 2. The molecule has 3 heterocycles. The van der Waals surface area contributed by atoms with E-state index in [9.17, 15) is 9.59 Å². The molecule has 1 aliphatic heterocycles. The zero-order valence-corrected chi connectivity index (χ0v) is 19.6. The molecule has 2 aromatic heterocycles. The quantitative estimate of drug-likeness (QED) is 0.771. The number of aromatic nitrogens is 2. The Bertz CT molecular complexity index is 1040. The smallest absolute Gasteiger partial charge is 0.274 e. The summed E-state index contributed by atoms with van der Waals surface area (Å²) in [7, 11) is 0. The molecule has 32 heavy (non-hydrogen) atoms. The number of nitrogens with zero attached hydrogens (tertiary/aromatic N) is 3. The molecule has 1 saturated heterocycles.